The van der Waals surface area contributed by atoms with Gasteiger partial charge in [0.2, 0.25) is 0 Å². The van der Waals surface area contributed by atoms with Gasteiger partial charge in [-0.1, -0.05) is 18.2 Å². The van der Waals surface area contributed by atoms with E-state index in [1.807, 2.05) is 18.2 Å². The number of nitrogens with zero attached hydrogens (tertiary/aromatic N) is 1. The van der Waals surface area contributed by atoms with Crippen molar-refractivity contribution in [1.82, 2.24) is 4.90 Å². The lowest BCUT2D eigenvalue weighted by Crippen LogP contribution is -2.28. The first-order chi connectivity index (χ1) is 9.24. The minimum Gasteiger partial charge on any atom is -0.492 e. The Hall–Kier alpha value is -1.06. The maximum Gasteiger partial charge on any atom is 0.122 e. The summed E-state index contributed by atoms with van der Waals surface area (Å²) in [5, 5.41) is 9.90. The smallest absolute Gasteiger partial charge is 0.122 e. The van der Waals surface area contributed by atoms with E-state index >= 15 is 0 Å². The zero-order valence-electron chi connectivity index (χ0n) is 11.6. The fourth-order valence-electron chi connectivity index (χ4n) is 3.51. The molecule has 0 bridgehead atoms. The van der Waals surface area contributed by atoms with Crippen molar-refractivity contribution in [1.29, 1.82) is 0 Å². The molecule has 104 valence electrons. The second-order valence-electron chi connectivity index (χ2n) is 5.94. The molecule has 1 saturated carbocycles. The van der Waals surface area contributed by atoms with Gasteiger partial charge in [-0.05, 0) is 37.3 Å². The highest BCUT2D eigenvalue weighted by Gasteiger charge is 2.41. The third kappa shape index (κ3) is 2.77. The predicted molar refractivity (Wildman–Crippen MR) is 75.3 cm³/mol. The summed E-state index contributed by atoms with van der Waals surface area (Å²) in [6.07, 6.45) is 2.14. The molecule has 1 aromatic carbocycles. The van der Waals surface area contributed by atoms with Crippen LogP contribution in [0.5, 0.6) is 5.75 Å². The van der Waals surface area contributed by atoms with Crippen molar-refractivity contribution in [3.63, 3.8) is 0 Å². The molecule has 3 nitrogen and oxygen atoms in total. The summed E-state index contributed by atoms with van der Waals surface area (Å²) >= 11 is 0. The van der Waals surface area contributed by atoms with Gasteiger partial charge in [-0.3, -0.25) is 4.90 Å². The summed E-state index contributed by atoms with van der Waals surface area (Å²) in [4.78, 5) is 2.44. The van der Waals surface area contributed by atoms with Crippen LogP contribution in [0, 0.1) is 18.8 Å². The van der Waals surface area contributed by atoms with Crippen LogP contribution in [0.2, 0.25) is 0 Å². The standard InChI is InChI=1S/C16H23NO2/c1-12-4-2-3-5-16(12)19-9-8-17-10-13-6-7-15(18)14(13)11-17/h2-5,13-15,18H,6-11H2,1H3. The highest BCUT2D eigenvalue weighted by Crippen LogP contribution is 2.37. The molecule has 2 aliphatic rings. The second-order valence-corrected chi connectivity index (χ2v) is 5.94. The van der Waals surface area contributed by atoms with Crippen LogP contribution in [0.3, 0.4) is 0 Å². The molecule has 1 N–H and O–H groups in total. The summed E-state index contributed by atoms with van der Waals surface area (Å²) in [5.74, 6) is 2.22. The fraction of sp³-hybridized carbons (Fsp3) is 0.625. The van der Waals surface area contributed by atoms with Crippen LogP contribution in [0.15, 0.2) is 24.3 Å². The third-order valence-corrected chi connectivity index (χ3v) is 4.65. The van der Waals surface area contributed by atoms with E-state index in [-0.39, 0.29) is 6.10 Å². The number of aliphatic hydroxyl groups excluding tert-OH is 1. The van der Waals surface area contributed by atoms with Crippen molar-refractivity contribution in [2.75, 3.05) is 26.2 Å². The van der Waals surface area contributed by atoms with Gasteiger partial charge in [0.1, 0.15) is 12.4 Å². The first kappa shape index (κ1) is 12.9. The minimum atomic E-state index is -0.0627. The lowest BCUT2D eigenvalue weighted by Gasteiger charge is -2.18. The zero-order chi connectivity index (χ0) is 13.2. The van der Waals surface area contributed by atoms with Crippen LogP contribution in [-0.4, -0.2) is 42.4 Å². The largest absolute Gasteiger partial charge is 0.492 e. The van der Waals surface area contributed by atoms with Gasteiger partial charge in [-0.2, -0.15) is 0 Å². The molecule has 2 fully saturated rings. The van der Waals surface area contributed by atoms with E-state index in [9.17, 15) is 5.11 Å². The summed E-state index contributed by atoms with van der Waals surface area (Å²) in [6.45, 7) is 5.96. The summed E-state index contributed by atoms with van der Waals surface area (Å²) in [7, 11) is 0. The topological polar surface area (TPSA) is 32.7 Å². The van der Waals surface area contributed by atoms with Gasteiger partial charge in [0.15, 0.2) is 0 Å². The van der Waals surface area contributed by atoms with Gasteiger partial charge < -0.3 is 9.84 Å². The van der Waals surface area contributed by atoms with Crippen molar-refractivity contribution < 1.29 is 9.84 Å². The number of para-hydroxylation sites is 1. The van der Waals surface area contributed by atoms with Gasteiger partial charge in [0.05, 0.1) is 6.10 Å². The Balaban J connectivity index is 1.46. The Labute approximate surface area is 115 Å². The number of benzene rings is 1. The van der Waals surface area contributed by atoms with Gasteiger partial charge in [-0.15, -0.1) is 0 Å². The number of likely N-dealkylation sites (tertiary alicyclic amines) is 1. The average Bonchev–Trinajstić information content (AvgIpc) is 2.95. The number of ether oxygens (including phenoxy) is 1. The van der Waals surface area contributed by atoms with Gasteiger partial charge in [-0.25, -0.2) is 0 Å². The summed E-state index contributed by atoms with van der Waals surface area (Å²) in [6, 6.07) is 8.15. The number of aliphatic hydroxyl groups is 1. The monoisotopic (exact) mass is 261 g/mol. The molecule has 3 unspecified atom stereocenters. The van der Waals surface area contributed by atoms with Crippen LogP contribution in [0.1, 0.15) is 18.4 Å². The Kier molecular flexibility index (Phi) is 3.76. The van der Waals surface area contributed by atoms with E-state index in [0.29, 0.717) is 11.8 Å². The molecule has 1 heterocycles. The number of aryl methyl sites for hydroxylation is 1. The molecular formula is C16H23NO2. The Morgan fingerprint density at radius 3 is 2.89 bits per heavy atom. The van der Waals surface area contributed by atoms with Crippen molar-refractivity contribution in [3.05, 3.63) is 29.8 Å². The molecule has 3 rings (SSSR count). The molecule has 1 aliphatic carbocycles. The van der Waals surface area contributed by atoms with Gasteiger partial charge >= 0.3 is 0 Å². The SMILES string of the molecule is Cc1ccccc1OCCN1CC2CCC(O)C2C1. The van der Waals surface area contributed by atoms with E-state index in [1.54, 1.807) is 0 Å². The normalized spacial score (nSPS) is 30.5. The molecule has 19 heavy (non-hydrogen) atoms. The van der Waals surface area contributed by atoms with E-state index in [0.717, 1.165) is 38.4 Å². The molecule has 0 aromatic heterocycles. The van der Waals surface area contributed by atoms with E-state index < -0.39 is 0 Å². The average molecular weight is 261 g/mol. The maximum absolute atomic E-state index is 9.90. The zero-order valence-corrected chi connectivity index (χ0v) is 11.6. The van der Waals surface area contributed by atoms with Crippen LogP contribution in [0.25, 0.3) is 0 Å². The molecule has 0 spiro atoms. The maximum atomic E-state index is 9.90. The van der Waals surface area contributed by atoms with Crippen LogP contribution < -0.4 is 4.74 Å². The Morgan fingerprint density at radius 1 is 1.26 bits per heavy atom. The molecule has 0 radical (unpaired) electrons. The first-order valence-corrected chi connectivity index (χ1v) is 7.33. The summed E-state index contributed by atoms with van der Waals surface area (Å²) in [5.41, 5.74) is 1.19. The Morgan fingerprint density at radius 2 is 2.11 bits per heavy atom. The Bertz CT molecular complexity index is 435. The highest BCUT2D eigenvalue weighted by molar-refractivity contribution is 5.31. The number of hydrogen-bond donors (Lipinski definition) is 1. The third-order valence-electron chi connectivity index (χ3n) is 4.65. The molecule has 1 aromatic rings. The van der Waals surface area contributed by atoms with Crippen molar-refractivity contribution in [2.24, 2.45) is 11.8 Å². The van der Waals surface area contributed by atoms with E-state index in [4.69, 9.17) is 4.74 Å². The van der Waals surface area contributed by atoms with Gasteiger partial charge in [0, 0.05) is 25.6 Å². The molecule has 3 atom stereocenters. The van der Waals surface area contributed by atoms with Crippen LogP contribution >= 0.6 is 0 Å². The lowest BCUT2D eigenvalue weighted by molar-refractivity contribution is 0.122. The van der Waals surface area contributed by atoms with Crippen molar-refractivity contribution in [2.45, 2.75) is 25.9 Å². The highest BCUT2D eigenvalue weighted by atomic mass is 16.5. The fourth-order valence-corrected chi connectivity index (χ4v) is 3.51. The molecule has 1 aliphatic heterocycles. The molecule has 1 saturated heterocycles. The predicted octanol–water partition coefficient (Wildman–Crippen LogP) is 2.08. The van der Waals surface area contributed by atoms with Gasteiger partial charge in [0.25, 0.3) is 0 Å². The molecule has 3 heteroatoms. The summed E-state index contributed by atoms with van der Waals surface area (Å²) < 4.78 is 5.84. The number of fused-ring (bicyclic) bond motifs is 1. The second kappa shape index (κ2) is 5.51. The van der Waals surface area contributed by atoms with E-state index in [2.05, 4.69) is 17.9 Å². The van der Waals surface area contributed by atoms with Crippen molar-refractivity contribution in [3.8, 4) is 5.75 Å². The van der Waals surface area contributed by atoms with Crippen LogP contribution in [-0.2, 0) is 0 Å². The first-order valence-electron chi connectivity index (χ1n) is 7.33. The quantitative estimate of drug-likeness (QED) is 0.900. The molecular weight excluding hydrogens is 238 g/mol. The van der Waals surface area contributed by atoms with E-state index in [1.165, 1.54) is 12.0 Å². The lowest BCUT2D eigenvalue weighted by atomic mass is 10.00. The molecule has 0 amide bonds. The minimum absolute atomic E-state index is 0.0627. The van der Waals surface area contributed by atoms with Crippen LogP contribution in [0.4, 0.5) is 0 Å². The number of rotatable bonds is 4. The van der Waals surface area contributed by atoms with Crippen molar-refractivity contribution >= 4 is 0 Å². The number of hydrogen-bond acceptors (Lipinski definition) is 3.